The normalized spacial score (nSPS) is 15.1. The predicted molar refractivity (Wildman–Crippen MR) is 111 cm³/mol. The Kier molecular flexibility index (Phi) is 6.31. The number of hydrogen-bond donors (Lipinski definition) is 0. The number of carbonyl (C=O) groups is 1. The van der Waals surface area contributed by atoms with E-state index in [-0.39, 0.29) is 5.70 Å². The first-order valence-corrected chi connectivity index (χ1v) is 10.2. The Hall–Kier alpha value is -1.87. The number of halogens is 1. The molecular formula is C19H18INO4S. The molecule has 0 amide bonds. The lowest BCUT2D eigenvalue weighted by atomic mass is 10.1. The van der Waals surface area contributed by atoms with Crippen molar-refractivity contribution in [2.45, 2.75) is 20.3 Å². The maximum Gasteiger partial charge on any atom is 0.363 e. The Bertz CT molecular complexity index is 859. The summed E-state index contributed by atoms with van der Waals surface area (Å²) < 4.78 is 17.7. The largest absolute Gasteiger partial charge is 0.490 e. The van der Waals surface area contributed by atoms with Crippen molar-refractivity contribution >= 4 is 51.9 Å². The topological polar surface area (TPSA) is 57.1 Å². The Morgan fingerprint density at radius 1 is 1.31 bits per heavy atom. The number of nitrogens with zero attached hydrogens (tertiary/aromatic N) is 1. The van der Waals surface area contributed by atoms with Crippen LogP contribution in [-0.2, 0) is 9.53 Å². The number of thiophene rings is 1. The lowest BCUT2D eigenvalue weighted by Gasteiger charge is -2.14. The van der Waals surface area contributed by atoms with E-state index in [0.29, 0.717) is 24.9 Å². The molecule has 0 spiro atoms. The summed E-state index contributed by atoms with van der Waals surface area (Å²) in [7, 11) is 0. The van der Waals surface area contributed by atoms with Crippen LogP contribution in [-0.4, -0.2) is 25.1 Å². The molecule has 0 N–H and O–H groups in total. The fourth-order valence-electron chi connectivity index (χ4n) is 2.35. The molecule has 0 saturated heterocycles. The van der Waals surface area contributed by atoms with Crippen LogP contribution in [0.5, 0.6) is 11.5 Å². The fraction of sp³-hybridized carbons (Fsp3) is 0.263. The molecule has 1 aliphatic rings. The first-order valence-electron chi connectivity index (χ1n) is 8.28. The smallest absolute Gasteiger partial charge is 0.363 e. The second-order valence-electron chi connectivity index (χ2n) is 5.42. The molecule has 2 heterocycles. The number of ether oxygens (including phenoxy) is 3. The minimum Gasteiger partial charge on any atom is -0.490 e. The highest BCUT2D eigenvalue weighted by Gasteiger charge is 2.25. The first-order chi connectivity index (χ1) is 12.6. The Balaban J connectivity index is 1.93. The van der Waals surface area contributed by atoms with E-state index in [4.69, 9.17) is 14.2 Å². The first kappa shape index (κ1) is 18.9. The molecule has 1 aliphatic heterocycles. The van der Waals surface area contributed by atoms with Crippen LogP contribution in [0.3, 0.4) is 0 Å². The van der Waals surface area contributed by atoms with Gasteiger partial charge in [-0.1, -0.05) is 13.0 Å². The van der Waals surface area contributed by atoms with Crippen molar-refractivity contribution in [2.24, 2.45) is 4.99 Å². The Labute approximate surface area is 169 Å². The third kappa shape index (κ3) is 4.27. The van der Waals surface area contributed by atoms with Crippen LogP contribution in [0.4, 0.5) is 0 Å². The number of cyclic esters (lactones) is 1. The minimum atomic E-state index is -0.451. The zero-order valence-corrected chi connectivity index (χ0v) is 17.4. The Morgan fingerprint density at radius 2 is 2.15 bits per heavy atom. The number of carbonyl (C=O) groups excluding carboxylic acids is 1. The molecule has 5 nitrogen and oxygen atoms in total. The van der Waals surface area contributed by atoms with Crippen molar-refractivity contribution in [2.75, 3.05) is 13.2 Å². The van der Waals surface area contributed by atoms with Gasteiger partial charge in [0.25, 0.3) is 0 Å². The van der Waals surface area contributed by atoms with E-state index < -0.39 is 5.97 Å². The number of hydrogen-bond acceptors (Lipinski definition) is 6. The number of esters is 1. The van der Waals surface area contributed by atoms with Crippen LogP contribution in [0.1, 0.15) is 30.7 Å². The van der Waals surface area contributed by atoms with Gasteiger partial charge in [-0.2, -0.15) is 0 Å². The van der Waals surface area contributed by atoms with Gasteiger partial charge in [0.05, 0.1) is 21.7 Å². The van der Waals surface area contributed by atoms with E-state index in [1.807, 2.05) is 36.6 Å². The molecule has 2 aromatic rings. The van der Waals surface area contributed by atoms with Crippen LogP contribution in [0.2, 0.25) is 0 Å². The maximum atomic E-state index is 12.1. The summed E-state index contributed by atoms with van der Waals surface area (Å²) in [6, 6.07) is 7.56. The van der Waals surface area contributed by atoms with Crippen molar-refractivity contribution in [3.63, 3.8) is 0 Å². The van der Waals surface area contributed by atoms with Gasteiger partial charge in [-0.3, -0.25) is 0 Å². The highest BCUT2D eigenvalue weighted by molar-refractivity contribution is 14.1. The van der Waals surface area contributed by atoms with Crippen molar-refractivity contribution in [3.05, 3.63) is 49.4 Å². The monoisotopic (exact) mass is 483 g/mol. The third-order valence-electron chi connectivity index (χ3n) is 3.44. The summed E-state index contributed by atoms with van der Waals surface area (Å²) in [6.45, 7) is 5.13. The standard InChI is InChI=1S/C19H18INO4S/c1-3-7-24-17-13(20)9-12(11-15(17)23-4-2)10-14-19(22)25-18(21-14)16-6-5-8-26-16/h5-6,8-11H,3-4,7H2,1-2H3. The third-order valence-corrected chi connectivity index (χ3v) is 5.10. The van der Waals surface area contributed by atoms with Gasteiger partial charge in [0.2, 0.25) is 5.90 Å². The summed E-state index contributed by atoms with van der Waals surface area (Å²) in [5.41, 5.74) is 1.08. The van der Waals surface area contributed by atoms with Gasteiger partial charge in [0.15, 0.2) is 17.2 Å². The molecule has 1 aromatic carbocycles. The highest BCUT2D eigenvalue weighted by atomic mass is 127. The molecule has 0 saturated carbocycles. The van der Waals surface area contributed by atoms with Crippen LogP contribution in [0.25, 0.3) is 6.08 Å². The molecule has 136 valence electrons. The molecule has 0 radical (unpaired) electrons. The maximum absolute atomic E-state index is 12.1. The van der Waals surface area contributed by atoms with Crippen LogP contribution in [0.15, 0.2) is 40.3 Å². The van der Waals surface area contributed by atoms with E-state index in [2.05, 4.69) is 34.5 Å². The lowest BCUT2D eigenvalue weighted by molar-refractivity contribution is -0.129. The molecule has 0 fully saturated rings. The van der Waals surface area contributed by atoms with Crippen LogP contribution >= 0.6 is 33.9 Å². The molecular weight excluding hydrogens is 465 g/mol. The average Bonchev–Trinajstić information content (AvgIpc) is 3.25. The molecule has 1 aromatic heterocycles. The molecule has 0 unspecified atom stereocenters. The summed E-state index contributed by atoms with van der Waals surface area (Å²) in [6.07, 6.45) is 2.62. The van der Waals surface area contributed by atoms with Crippen molar-refractivity contribution < 1.29 is 19.0 Å². The summed E-state index contributed by atoms with van der Waals surface area (Å²) >= 11 is 3.69. The van der Waals surface area contributed by atoms with Crippen molar-refractivity contribution in [1.82, 2.24) is 0 Å². The quantitative estimate of drug-likeness (QED) is 0.320. The van der Waals surface area contributed by atoms with Gasteiger partial charge >= 0.3 is 5.97 Å². The fourth-order valence-corrected chi connectivity index (χ4v) is 3.78. The van der Waals surface area contributed by atoms with E-state index in [0.717, 1.165) is 26.2 Å². The molecule has 0 bridgehead atoms. The van der Waals surface area contributed by atoms with Gasteiger partial charge in [-0.05, 0) is 71.2 Å². The highest BCUT2D eigenvalue weighted by Crippen LogP contribution is 2.35. The van der Waals surface area contributed by atoms with E-state index in [1.165, 1.54) is 11.3 Å². The molecule has 3 rings (SSSR count). The summed E-state index contributed by atoms with van der Waals surface area (Å²) in [4.78, 5) is 17.3. The molecule has 0 aliphatic carbocycles. The molecule has 0 atom stereocenters. The predicted octanol–water partition coefficient (Wildman–Crippen LogP) is 4.88. The Morgan fingerprint density at radius 3 is 2.85 bits per heavy atom. The average molecular weight is 483 g/mol. The second kappa shape index (κ2) is 8.68. The van der Waals surface area contributed by atoms with Crippen LogP contribution in [0, 0.1) is 3.57 Å². The number of benzene rings is 1. The zero-order chi connectivity index (χ0) is 18.5. The van der Waals surface area contributed by atoms with Crippen molar-refractivity contribution in [1.29, 1.82) is 0 Å². The van der Waals surface area contributed by atoms with Gasteiger partial charge in [0.1, 0.15) is 0 Å². The van der Waals surface area contributed by atoms with Gasteiger partial charge in [-0.15, -0.1) is 11.3 Å². The number of aliphatic imine (C=N–C) groups is 1. The second-order valence-corrected chi connectivity index (χ2v) is 7.53. The van der Waals surface area contributed by atoms with Crippen LogP contribution < -0.4 is 9.47 Å². The summed E-state index contributed by atoms with van der Waals surface area (Å²) in [5, 5.41) is 1.92. The summed E-state index contributed by atoms with van der Waals surface area (Å²) in [5.74, 6) is 1.29. The molecule has 26 heavy (non-hydrogen) atoms. The van der Waals surface area contributed by atoms with E-state index in [9.17, 15) is 4.79 Å². The SMILES string of the molecule is CCCOc1c(I)cc(C=C2N=C(c3cccs3)OC2=O)cc1OCC. The lowest BCUT2D eigenvalue weighted by Crippen LogP contribution is -2.04. The zero-order valence-electron chi connectivity index (χ0n) is 14.5. The molecule has 7 heteroatoms. The van der Waals surface area contributed by atoms with Gasteiger partial charge in [0, 0.05) is 0 Å². The van der Waals surface area contributed by atoms with Gasteiger partial charge < -0.3 is 14.2 Å². The van der Waals surface area contributed by atoms with Gasteiger partial charge in [-0.25, -0.2) is 9.79 Å². The van der Waals surface area contributed by atoms with Crippen molar-refractivity contribution in [3.8, 4) is 11.5 Å². The van der Waals surface area contributed by atoms with E-state index in [1.54, 1.807) is 6.08 Å². The minimum absolute atomic E-state index is 0.272. The number of rotatable bonds is 7. The van der Waals surface area contributed by atoms with E-state index >= 15 is 0 Å².